The predicted molar refractivity (Wildman–Crippen MR) is 71.5 cm³/mol. The quantitative estimate of drug-likeness (QED) is 0.802. The van der Waals surface area contributed by atoms with Gasteiger partial charge in [-0.2, -0.15) is 0 Å². The molecule has 2 rings (SSSR count). The van der Waals surface area contributed by atoms with Crippen LogP contribution in [0.5, 0.6) is 0 Å². The number of fused-ring (bicyclic) bond motifs is 1. The second-order valence-corrected chi connectivity index (χ2v) is 6.17. The molecule has 0 amide bonds. The maximum absolute atomic E-state index is 11.1. The highest BCUT2D eigenvalue weighted by atomic mass is 16.4. The zero-order valence-corrected chi connectivity index (χ0v) is 11.2. The summed E-state index contributed by atoms with van der Waals surface area (Å²) in [6.45, 7) is 6.53. The van der Waals surface area contributed by atoms with Gasteiger partial charge in [0.1, 0.15) is 0 Å². The number of aliphatic carboxylic acids is 1. The fraction of sp³-hybridized carbons (Fsp3) is 0.533. The van der Waals surface area contributed by atoms with Crippen LogP contribution < -0.4 is 5.73 Å². The van der Waals surface area contributed by atoms with Gasteiger partial charge in [-0.15, -0.1) is 0 Å². The van der Waals surface area contributed by atoms with Crippen molar-refractivity contribution in [3.05, 3.63) is 34.9 Å². The number of aryl methyl sites for hydroxylation is 1. The molecular formula is C15H21NO2. The van der Waals surface area contributed by atoms with Gasteiger partial charge in [0.05, 0.1) is 5.92 Å². The van der Waals surface area contributed by atoms with E-state index in [1.807, 2.05) is 6.07 Å². The number of benzene rings is 1. The molecule has 0 aromatic heterocycles. The molecule has 0 spiro atoms. The summed E-state index contributed by atoms with van der Waals surface area (Å²) >= 11 is 0. The van der Waals surface area contributed by atoms with Gasteiger partial charge >= 0.3 is 5.97 Å². The van der Waals surface area contributed by atoms with E-state index in [2.05, 4.69) is 32.9 Å². The van der Waals surface area contributed by atoms with E-state index in [1.165, 1.54) is 11.1 Å². The van der Waals surface area contributed by atoms with Crippen LogP contribution in [-0.2, 0) is 16.6 Å². The lowest BCUT2D eigenvalue weighted by Crippen LogP contribution is -2.33. The highest BCUT2D eigenvalue weighted by molar-refractivity contribution is 5.72. The molecule has 3 N–H and O–H groups in total. The molecule has 1 aromatic carbocycles. The molecule has 1 aliphatic carbocycles. The van der Waals surface area contributed by atoms with Gasteiger partial charge in [0, 0.05) is 6.04 Å². The van der Waals surface area contributed by atoms with Gasteiger partial charge in [-0.05, 0) is 34.9 Å². The standard InChI is InChI=1S/C15H21NO2/c1-15(2,3)10-5-7-11-9(8-10)4-6-12(13(11)16)14(17)18/h5,7-8,12-13H,4,6,16H2,1-3H3,(H,17,18). The van der Waals surface area contributed by atoms with Crippen molar-refractivity contribution in [3.8, 4) is 0 Å². The Balaban J connectivity index is 2.38. The Bertz CT molecular complexity index is 474. The second-order valence-electron chi connectivity index (χ2n) is 6.17. The number of nitrogens with two attached hydrogens (primary N) is 1. The SMILES string of the molecule is CC(C)(C)c1ccc2c(c1)CCC(C(=O)O)C2N. The summed E-state index contributed by atoms with van der Waals surface area (Å²) in [5.41, 5.74) is 9.68. The van der Waals surface area contributed by atoms with E-state index in [1.54, 1.807) is 0 Å². The topological polar surface area (TPSA) is 63.3 Å². The average Bonchev–Trinajstić information content (AvgIpc) is 2.27. The summed E-state index contributed by atoms with van der Waals surface area (Å²) in [5.74, 6) is -1.23. The predicted octanol–water partition coefficient (Wildman–Crippen LogP) is 2.63. The van der Waals surface area contributed by atoms with Gasteiger partial charge in [0.15, 0.2) is 0 Å². The first-order valence-corrected chi connectivity index (χ1v) is 6.42. The molecule has 0 aliphatic heterocycles. The lowest BCUT2D eigenvalue weighted by molar-refractivity contribution is -0.143. The minimum absolute atomic E-state index is 0.114. The highest BCUT2D eigenvalue weighted by Crippen LogP contribution is 2.35. The van der Waals surface area contributed by atoms with Gasteiger partial charge in [-0.25, -0.2) is 0 Å². The van der Waals surface area contributed by atoms with Crippen molar-refractivity contribution in [1.82, 2.24) is 0 Å². The average molecular weight is 247 g/mol. The monoisotopic (exact) mass is 247 g/mol. The van der Waals surface area contributed by atoms with Gasteiger partial charge in [-0.1, -0.05) is 39.0 Å². The van der Waals surface area contributed by atoms with Gasteiger partial charge in [0.25, 0.3) is 0 Å². The van der Waals surface area contributed by atoms with Crippen molar-refractivity contribution < 1.29 is 9.90 Å². The molecule has 2 unspecified atom stereocenters. The minimum atomic E-state index is -0.784. The molecule has 3 nitrogen and oxygen atoms in total. The maximum atomic E-state index is 11.1. The largest absolute Gasteiger partial charge is 0.481 e. The lowest BCUT2D eigenvalue weighted by Gasteiger charge is -2.30. The van der Waals surface area contributed by atoms with Crippen LogP contribution in [0.25, 0.3) is 0 Å². The third-order valence-corrected chi connectivity index (χ3v) is 3.84. The van der Waals surface area contributed by atoms with E-state index in [0.717, 1.165) is 12.0 Å². The molecule has 0 radical (unpaired) electrons. The molecule has 0 bridgehead atoms. The molecule has 3 heteroatoms. The Hall–Kier alpha value is -1.35. The molecule has 0 saturated carbocycles. The third-order valence-electron chi connectivity index (χ3n) is 3.84. The maximum Gasteiger partial charge on any atom is 0.308 e. The van der Waals surface area contributed by atoms with Crippen molar-refractivity contribution >= 4 is 5.97 Å². The van der Waals surface area contributed by atoms with Gasteiger partial charge in [-0.3, -0.25) is 4.79 Å². The number of rotatable bonds is 1. The first kappa shape index (κ1) is 13.1. The Morgan fingerprint density at radius 3 is 2.61 bits per heavy atom. The molecule has 0 saturated heterocycles. The van der Waals surface area contributed by atoms with Crippen molar-refractivity contribution in [2.24, 2.45) is 11.7 Å². The second kappa shape index (κ2) is 4.39. The highest BCUT2D eigenvalue weighted by Gasteiger charge is 2.32. The zero-order valence-electron chi connectivity index (χ0n) is 11.2. The van der Waals surface area contributed by atoms with Crippen molar-refractivity contribution in [2.45, 2.75) is 45.1 Å². The number of hydrogen-bond donors (Lipinski definition) is 2. The van der Waals surface area contributed by atoms with Crippen molar-refractivity contribution in [1.29, 1.82) is 0 Å². The van der Waals surface area contributed by atoms with Gasteiger partial charge in [0.2, 0.25) is 0 Å². The van der Waals surface area contributed by atoms with E-state index in [9.17, 15) is 4.79 Å². The molecule has 1 aromatic rings. The van der Waals surface area contributed by atoms with E-state index in [-0.39, 0.29) is 11.5 Å². The molecule has 2 atom stereocenters. The number of hydrogen-bond acceptors (Lipinski definition) is 2. The zero-order chi connectivity index (χ0) is 13.5. The minimum Gasteiger partial charge on any atom is -0.481 e. The molecule has 0 fully saturated rings. The third kappa shape index (κ3) is 2.27. The van der Waals surface area contributed by atoms with Crippen LogP contribution >= 0.6 is 0 Å². The first-order valence-electron chi connectivity index (χ1n) is 6.42. The normalized spacial score (nSPS) is 23.6. The number of carboxylic acid groups (broad SMARTS) is 1. The fourth-order valence-corrected chi connectivity index (χ4v) is 2.60. The van der Waals surface area contributed by atoms with Crippen LogP contribution in [0.2, 0.25) is 0 Å². The Labute approximate surface area is 108 Å². The van der Waals surface area contributed by atoms with Crippen LogP contribution in [0, 0.1) is 5.92 Å². The molecule has 0 heterocycles. The summed E-state index contributed by atoms with van der Waals surface area (Å²) in [6, 6.07) is 5.89. The smallest absolute Gasteiger partial charge is 0.308 e. The molecule has 18 heavy (non-hydrogen) atoms. The summed E-state index contributed by atoms with van der Waals surface area (Å²) in [4.78, 5) is 11.1. The first-order chi connectivity index (χ1) is 8.30. The number of carboxylic acids is 1. The Kier molecular flexibility index (Phi) is 3.20. The van der Waals surface area contributed by atoms with Crippen LogP contribution in [0.4, 0.5) is 0 Å². The fourth-order valence-electron chi connectivity index (χ4n) is 2.60. The Morgan fingerprint density at radius 1 is 1.39 bits per heavy atom. The van der Waals surface area contributed by atoms with Crippen LogP contribution in [0.1, 0.15) is 49.9 Å². The van der Waals surface area contributed by atoms with Gasteiger partial charge < -0.3 is 10.8 Å². The molecule has 98 valence electrons. The van der Waals surface area contributed by atoms with Crippen LogP contribution in [0.15, 0.2) is 18.2 Å². The lowest BCUT2D eigenvalue weighted by atomic mass is 9.77. The summed E-state index contributed by atoms with van der Waals surface area (Å²) in [5, 5.41) is 9.14. The van der Waals surface area contributed by atoms with E-state index in [0.29, 0.717) is 6.42 Å². The van der Waals surface area contributed by atoms with Crippen LogP contribution in [0.3, 0.4) is 0 Å². The number of carbonyl (C=O) groups is 1. The van der Waals surface area contributed by atoms with Crippen molar-refractivity contribution in [2.75, 3.05) is 0 Å². The van der Waals surface area contributed by atoms with E-state index < -0.39 is 11.9 Å². The summed E-state index contributed by atoms with van der Waals surface area (Å²) in [6.07, 6.45) is 1.45. The Morgan fingerprint density at radius 2 is 2.06 bits per heavy atom. The summed E-state index contributed by atoms with van der Waals surface area (Å²) in [7, 11) is 0. The molecular weight excluding hydrogens is 226 g/mol. The van der Waals surface area contributed by atoms with E-state index >= 15 is 0 Å². The van der Waals surface area contributed by atoms with Crippen molar-refractivity contribution in [3.63, 3.8) is 0 Å². The summed E-state index contributed by atoms with van der Waals surface area (Å²) < 4.78 is 0. The molecule has 1 aliphatic rings. The van der Waals surface area contributed by atoms with Crippen LogP contribution in [-0.4, -0.2) is 11.1 Å². The van der Waals surface area contributed by atoms with E-state index in [4.69, 9.17) is 10.8 Å².